The number of ether oxygens (including phenoxy) is 1. The lowest BCUT2D eigenvalue weighted by atomic mass is 10.0. The minimum absolute atomic E-state index is 0.164. The molecule has 0 aliphatic carbocycles. The number of phenols is 1. The highest BCUT2D eigenvalue weighted by Gasteiger charge is 2.14. The monoisotopic (exact) mass is 425 g/mol. The fourth-order valence-corrected chi connectivity index (χ4v) is 3.20. The number of benzene rings is 3. The number of aliphatic carboxylic acids is 1. The van der Waals surface area contributed by atoms with Crippen LogP contribution in [0.5, 0.6) is 17.2 Å². The third kappa shape index (κ3) is 5.10. The lowest BCUT2D eigenvalue weighted by Gasteiger charge is -2.15. The second kappa shape index (κ2) is 8.88. The number of anilines is 1. The maximum atomic E-state index is 11.4. The molecule has 0 aromatic heterocycles. The molecule has 3 N–H and O–H groups in total. The zero-order valence-corrected chi connectivity index (χ0v) is 17.2. The second-order valence-electron chi connectivity index (χ2n) is 6.89. The van der Waals surface area contributed by atoms with Gasteiger partial charge in [-0.15, -0.1) is 0 Å². The number of aromatic hydroxyl groups is 1. The Balaban J connectivity index is 1.83. The zero-order valence-electron chi connectivity index (χ0n) is 16.4. The van der Waals surface area contributed by atoms with Crippen molar-refractivity contribution in [3.05, 3.63) is 81.9 Å². The number of hydrogen-bond donors (Lipinski definition) is 3. The molecule has 0 atom stereocenters. The number of halogens is 1. The van der Waals surface area contributed by atoms with Gasteiger partial charge in [-0.3, -0.25) is 4.79 Å². The average molecular weight is 426 g/mol. The third-order valence-corrected chi connectivity index (χ3v) is 4.74. The van der Waals surface area contributed by atoms with Gasteiger partial charge in [-0.1, -0.05) is 23.7 Å². The number of aryl methyl sites for hydroxylation is 2. The topological polar surface area (TPSA) is 95.9 Å². The smallest absolute Gasteiger partial charge is 0.394 e. The molecule has 7 heteroatoms. The van der Waals surface area contributed by atoms with E-state index in [1.807, 2.05) is 12.1 Å². The molecule has 154 valence electrons. The number of rotatable bonds is 5. The van der Waals surface area contributed by atoms with E-state index in [2.05, 4.69) is 5.32 Å². The summed E-state index contributed by atoms with van der Waals surface area (Å²) in [6.07, 6.45) is 0.512. The van der Waals surface area contributed by atoms with Crippen molar-refractivity contribution in [3.63, 3.8) is 0 Å². The van der Waals surface area contributed by atoms with Gasteiger partial charge in [-0.05, 0) is 73.0 Å². The predicted molar refractivity (Wildman–Crippen MR) is 115 cm³/mol. The average Bonchev–Trinajstić information content (AvgIpc) is 2.68. The number of phenolic OH excluding ortho intramolecular Hbond substituents is 1. The second-order valence-corrected chi connectivity index (χ2v) is 7.33. The fourth-order valence-electron chi connectivity index (χ4n) is 3.07. The van der Waals surface area contributed by atoms with E-state index in [0.717, 1.165) is 16.7 Å². The first-order valence-corrected chi connectivity index (χ1v) is 9.50. The molecule has 0 saturated carbocycles. The lowest BCUT2D eigenvalue weighted by molar-refractivity contribution is -0.147. The molecule has 0 unspecified atom stereocenters. The first-order chi connectivity index (χ1) is 14.2. The Morgan fingerprint density at radius 3 is 2.23 bits per heavy atom. The van der Waals surface area contributed by atoms with Crippen molar-refractivity contribution in [3.8, 4) is 17.2 Å². The zero-order chi connectivity index (χ0) is 21.8. The van der Waals surface area contributed by atoms with Gasteiger partial charge in [0.2, 0.25) is 0 Å². The Kier molecular flexibility index (Phi) is 6.28. The van der Waals surface area contributed by atoms with Gasteiger partial charge < -0.3 is 20.3 Å². The Bertz CT molecular complexity index is 1090. The van der Waals surface area contributed by atoms with Gasteiger partial charge >= 0.3 is 11.9 Å². The molecule has 0 bridgehead atoms. The van der Waals surface area contributed by atoms with Crippen LogP contribution in [0, 0.1) is 13.8 Å². The summed E-state index contributed by atoms with van der Waals surface area (Å²) in [5.74, 6) is -1.36. The molecule has 0 saturated heterocycles. The highest BCUT2D eigenvalue weighted by Crippen LogP contribution is 2.34. The molecule has 3 aromatic carbocycles. The summed E-state index contributed by atoms with van der Waals surface area (Å²) < 4.78 is 6.04. The molecule has 6 nitrogen and oxygen atoms in total. The molecular weight excluding hydrogens is 406 g/mol. The number of carbonyl (C=O) groups is 2. The van der Waals surface area contributed by atoms with E-state index >= 15 is 0 Å². The molecule has 3 aromatic rings. The van der Waals surface area contributed by atoms with Crippen LogP contribution < -0.4 is 10.1 Å². The van der Waals surface area contributed by atoms with Crippen molar-refractivity contribution in [1.29, 1.82) is 0 Å². The molecule has 3 rings (SSSR count). The molecular formula is C23H20ClNO5. The van der Waals surface area contributed by atoms with E-state index in [1.54, 1.807) is 56.3 Å². The minimum atomic E-state index is -1.55. The molecule has 0 aliphatic heterocycles. The Hall–Kier alpha value is -3.51. The fraction of sp³-hybridized carbons (Fsp3) is 0.130. The molecule has 0 heterocycles. The number of carbonyl (C=O) groups excluding carboxylic acids is 1. The van der Waals surface area contributed by atoms with Crippen LogP contribution in [0.3, 0.4) is 0 Å². The summed E-state index contributed by atoms with van der Waals surface area (Å²) >= 11 is 5.92. The Morgan fingerprint density at radius 2 is 1.63 bits per heavy atom. The van der Waals surface area contributed by atoms with Crippen molar-refractivity contribution in [1.82, 2.24) is 0 Å². The van der Waals surface area contributed by atoms with Gasteiger partial charge in [0.15, 0.2) is 0 Å². The Morgan fingerprint density at radius 1 is 1.00 bits per heavy atom. The van der Waals surface area contributed by atoms with E-state index in [4.69, 9.17) is 21.4 Å². The maximum absolute atomic E-state index is 11.4. The van der Waals surface area contributed by atoms with E-state index in [1.165, 1.54) is 0 Å². The normalized spacial score (nSPS) is 10.5. The minimum Gasteiger partial charge on any atom is -0.508 e. The van der Waals surface area contributed by atoms with Gasteiger partial charge in [-0.2, -0.15) is 0 Å². The predicted octanol–water partition coefficient (Wildman–Crippen LogP) is 5.07. The van der Waals surface area contributed by atoms with Crippen molar-refractivity contribution < 1.29 is 24.5 Å². The van der Waals surface area contributed by atoms with Crippen LogP contribution in [-0.2, 0) is 16.0 Å². The molecule has 0 aliphatic rings. The van der Waals surface area contributed by atoms with Crippen LogP contribution in [0.15, 0.2) is 54.6 Å². The van der Waals surface area contributed by atoms with Crippen molar-refractivity contribution in [2.45, 2.75) is 20.3 Å². The highest BCUT2D eigenvalue weighted by atomic mass is 35.5. The summed E-state index contributed by atoms with van der Waals surface area (Å²) in [6.45, 7) is 3.60. The first-order valence-electron chi connectivity index (χ1n) is 9.12. The molecule has 0 spiro atoms. The van der Waals surface area contributed by atoms with Crippen LogP contribution in [0.1, 0.15) is 22.3 Å². The SMILES string of the molecule is Cc1cc(NC(=O)C(=O)O)cc(C)c1Oc1ccc(O)c(Cc2ccc(Cl)cc2)c1. The first kappa shape index (κ1) is 21.2. The third-order valence-electron chi connectivity index (χ3n) is 4.49. The summed E-state index contributed by atoms with van der Waals surface area (Å²) in [7, 11) is 0. The summed E-state index contributed by atoms with van der Waals surface area (Å²) in [4.78, 5) is 22.1. The number of amides is 1. The van der Waals surface area contributed by atoms with E-state index < -0.39 is 11.9 Å². The quantitative estimate of drug-likeness (QED) is 0.496. The number of carboxylic acid groups (broad SMARTS) is 1. The van der Waals surface area contributed by atoms with Gasteiger partial charge in [0.25, 0.3) is 0 Å². The summed E-state index contributed by atoms with van der Waals surface area (Å²) in [5, 5.41) is 21.9. The van der Waals surface area contributed by atoms with E-state index in [9.17, 15) is 14.7 Å². The van der Waals surface area contributed by atoms with Crippen LogP contribution in [0.25, 0.3) is 0 Å². The van der Waals surface area contributed by atoms with Crippen LogP contribution in [-0.4, -0.2) is 22.1 Å². The van der Waals surface area contributed by atoms with Crippen LogP contribution in [0.2, 0.25) is 5.02 Å². The van der Waals surface area contributed by atoms with Gasteiger partial charge in [0.1, 0.15) is 17.2 Å². The van der Waals surface area contributed by atoms with Crippen LogP contribution >= 0.6 is 11.6 Å². The van der Waals surface area contributed by atoms with Crippen molar-refractivity contribution >= 4 is 29.2 Å². The molecule has 0 fully saturated rings. The van der Waals surface area contributed by atoms with Gasteiger partial charge in [0.05, 0.1) is 0 Å². The van der Waals surface area contributed by atoms with Crippen LogP contribution in [0.4, 0.5) is 5.69 Å². The molecule has 0 radical (unpaired) electrons. The van der Waals surface area contributed by atoms with Crippen molar-refractivity contribution in [2.24, 2.45) is 0 Å². The summed E-state index contributed by atoms with van der Waals surface area (Å²) in [6, 6.07) is 15.7. The molecule has 1 amide bonds. The maximum Gasteiger partial charge on any atom is 0.394 e. The van der Waals surface area contributed by atoms with E-state index in [0.29, 0.717) is 34.2 Å². The largest absolute Gasteiger partial charge is 0.508 e. The highest BCUT2D eigenvalue weighted by molar-refractivity contribution is 6.36. The van der Waals surface area contributed by atoms with E-state index in [-0.39, 0.29) is 5.75 Å². The standard InChI is InChI=1S/C23H20ClNO5/c1-13-9-18(25-22(27)23(28)29)10-14(2)21(13)30-19-7-8-20(26)16(12-19)11-15-3-5-17(24)6-4-15/h3-10,12,26H,11H2,1-2H3,(H,25,27)(H,28,29). The lowest BCUT2D eigenvalue weighted by Crippen LogP contribution is -2.21. The molecule has 30 heavy (non-hydrogen) atoms. The van der Waals surface area contributed by atoms with Gasteiger partial charge in [-0.25, -0.2) is 4.79 Å². The number of hydrogen-bond acceptors (Lipinski definition) is 4. The summed E-state index contributed by atoms with van der Waals surface area (Å²) in [5.41, 5.74) is 3.53. The Labute approximate surface area is 178 Å². The van der Waals surface area contributed by atoms with Crippen molar-refractivity contribution in [2.75, 3.05) is 5.32 Å². The van der Waals surface area contributed by atoms with Gasteiger partial charge in [0, 0.05) is 22.7 Å². The number of nitrogens with one attached hydrogen (secondary N) is 1. The number of carboxylic acids is 1.